The Morgan fingerprint density at radius 2 is 1.89 bits per heavy atom. The molecule has 1 aromatic heterocycles. The van der Waals surface area contributed by atoms with Gasteiger partial charge in [-0.25, -0.2) is 4.98 Å². The Kier molecular flexibility index (Phi) is 10.1. The summed E-state index contributed by atoms with van der Waals surface area (Å²) >= 11 is 0. The van der Waals surface area contributed by atoms with Crippen LogP contribution in [0.1, 0.15) is 24.5 Å². The van der Waals surface area contributed by atoms with E-state index in [1.807, 2.05) is 24.4 Å². The van der Waals surface area contributed by atoms with Gasteiger partial charge < -0.3 is 21.7 Å². The van der Waals surface area contributed by atoms with Crippen molar-refractivity contribution in [2.45, 2.75) is 19.8 Å². The van der Waals surface area contributed by atoms with Crippen molar-refractivity contribution in [1.82, 2.24) is 10.3 Å². The Balaban J connectivity index is 0.00000196. The van der Waals surface area contributed by atoms with Crippen molar-refractivity contribution in [2.24, 2.45) is 15.7 Å². The number of guanidine groups is 2. The number of rotatable bonds is 6. The van der Waals surface area contributed by atoms with Gasteiger partial charge in [-0.15, -0.1) is 24.8 Å². The van der Waals surface area contributed by atoms with Crippen LogP contribution in [-0.4, -0.2) is 36.5 Å². The molecule has 0 unspecified atom stereocenters. The van der Waals surface area contributed by atoms with E-state index in [1.54, 1.807) is 0 Å². The summed E-state index contributed by atoms with van der Waals surface area (Å²) in [7, 11) is 0. The maximum atomic E-state index is 5.84. The summed E-state index contributed by atoms with van der Waals surface area (Å²) in [4.78, 5) is 13.0. The Morgan fingerprint density at radius 3 is 2.50 bits per heavy atom. The van der Waals surface area contributed by atoms with Crippen LogP contribution in [0.3, 0.4) is 0 Å². The van der Waals surface area contributed by atoms with Gasteiger partial charge in [0.15, 0.2) is 11.9 Å². The first kappa shape index (κ1) is 23.5. The van der Waals surface area contributed by atoms with Gasteiger partial charge in [0.05, 0.1) is 6.54 Å². The molecular weight excluding hydrogens is 397 g/mol. The van der Waals surface area contributed by atoms with E-state index in [0.29, 0.717) is 5.96 Å². The summed E-state index contributed by atoms with van der Waals surface area (Å²) in [5.41, 5.74) is 9.14. The third-order valence-electron chi connectivity index (χ3n) is 3.89. The second-order valence-electron chi connectivity index (χ2n) is 6.10. The Bertz CT molecular complexity index is 774. The van der Waals surface area contributed by atoms with Gasteiger partial charge >= 0.3 is 0 Å². The fourth-order valence-corrected chi connectivity index (χ4v) is 2.57. The predicted molar refractivity (Wildman–Crippen MR) is 122 cm³/mol. The minimum absolute atomic E-state index is 0. The van der Waals surface area contributed by atoms with Crippen LogP contribution in [0.15, 0.2) is 52.6 Å². The van der Waals surface area contributed by atoms with Crippen LogP contribution in [0.25, 0.3) is 0 Å². The number of benzene rings is 1. The van der Waals surface area contributed by atoms with Crippen LogP contribution in [0.5, 0.6) is 0 Å². The maximum Gasteiger partial charge on any atom is 0.197 e. The van der Waals surface area contributed by atoms with Crippen LogP contribution < -0.4 is 21.7 Å². The molecule has 2 heterocycles. The highest BCUT2D eigenvalue weighted by Gasteiger charge is 2.05. The third-order valence-corrected chi connectivity index (χ3v) is 3.89. The normalized spacial score (nSPS) is 12.9. The summed E-state index contributed by atoms with van der Waals surface area (Å²) in [6.07, 6.45) is 3.69. The molecule has 28 heavy (non-hydrogen) atoms. The zero-order valence-corrected chi connectivity index (χ0v) is 17.4. The van der Waals surface area contributed by atoms with E-state index in [-0.39, 0.29) is 24.8 Å². The monoisotopic (exact) mass is 423 g/mol. The summed E-state index contributed by atoms with van der Waals surface area (Å²) in [5, 5.41) is 9.43. The van der Waals surface area contributed by atoms with Crippen LogP contribution in [0.2, 0.25) is 0 Å². The highest BCUT2D eigenvalue weighted by molar-refractivity contribution is 5.93. The molecule has 152 valence electrons. The molecule has 0 atom stereocenters. The molecule has 5 N–H and O–H groups in total. The summed E-state index contributed by atoms with van der Waals surface area (Å²) in [6.45, 7) is 4.49. The Labute approximate surface area is 178 Å². The van der Waals surface area contributed by atoms with Gasteiger partial charge in [0, 0.05) is 25.0 Å². The van der Waals surface area contributed by atoms with Gasteiger partial charge in [-0.1, -0.05) is 25.1 Å². The van der Waals surface area contributed by atoms with Gasteiger partial charge in [0.25, 0.3) is 0 Å². The molecule has 3 rings (SSSR count). The molecule has 0 fully saturated rings. The number of hydrogen-bond donors (Lipinski definition) is 4. The molecule has 0 saturated carbocycles. The van der Waals surface area contributed by atoms with Gasteiger partial charge in [0.1, 0.15) is 5.82 Å². The molecular formula is C19H27Cl2N7. The number of aliphatic imine (C=N–C) groups is 2. The second-order valence-corrected chi connectivity index (χ2v) is 6.10. The van der Waals surface area contributed by atoms with Crippen LogP contribution in [0.4, 0.5) is 11.5 Å². The van der Waals surface area contributed by atoms with Crippen LogP contribution >= 0.6 is 24.8 Å². The molecule has 0 radical (unpaired) electrons. The minimum Gasteiger partial charge on any atom is -0.370 e. The van der Waals surface area contributed by atoms with Crippen molar-refractivity contribution in [2.75, 3.05) is 30.3 Å². The number of nitrogens with zero attached hydrogens (tertiary/aromatic N) is 3. The lowest BCUT2D eigenvalue weighted by Gasteiger charge is -2.08. The number of aromatic nitrogens is 1. The largest absolute Gasteiger partial charge is 0.370 e. The van der Waals surface area contributed by atoms with Gasteiger partial charge in [-0.2, -0.15) is 0 Å². The average molecular weight is 424 g/mol. The molecule has 2 aromatic rings. The van der Waals surface area contributed by atoms with Gasteiger partial charge in [-0.05, 0) is 42.2 Å². The maximum absolute atomic E-state index is 5.84. The van der Waals surface area contributed by atoms with Crippen molar-refractivity contribution < 1.29 is 0 Å². The van der Waals surface area contributed by atoms with Crippen LogP contribution in [-0.2, 0) is 6.42 Å². The van der Waals surface area contributed by atoms with Crippen molar-refractivity contribution in [1.29, 1.82) is 0 Å². The molecule has 0 aliphatic carbocycles. The van der Waals surface area contributed by atoms with Crippen molar-refractivity contribution in [3.8, 4) is 0 Å². The lowest BCUT2D eigenvalue weighted by molar-refractivity contribution is 0.929. The lowest BCUT2D eigenvalue weighted by atomic mass is 10.1. The quantitative estimate of drug-likeness (QED) is 0.422. The smallest absolute Gasteiger partial charge is 0.197 e. The molecule has 1 aromatic carbocycles. The van der Waals surface area contributed by atoms with E-state index in [4.69, 9.17) is 5.73 Å². The summed E-state index contributed by atoms with van der Waals surface area (Å²) in [6, 6.07) is 12.2. The van der Waals surface area contributed by atoms with E-state index in [9.17, 15) is 0 Å². The summed E-state index contributed by atoms with van der Waals surface area (Å²) < 4.78 is 0. The predicted octanol–water partition coefficient (Wildman–Crippen LogP) is 3.02. The zero-order chi connectivity index (χ0) is 18.2. The first-order valence-electron chi connectivity index (χ1n) is 8.89. The average Bonchev–Trinajstić information content (AvgIpc) is 3.16. The molecule has 0 saturated heterocycles. The number of nitrogens with one attached hydrogen (secondary N) is 3. The second kappa shape index (κ2) is 12.0. The zero-order valence-electron chi connectivity index (χ0n) is 15.8. The Hall–Kier alpha value is -2.51. The molecule has 7 nitrogen and oxygen atoms in total. The molecule has 1 aliphatic rings. The number of anilines is 2. The topological polar surface area (TPSA) is 99.7 Å². The van der Waals surface area contributed by atoms with E-state index >= 15 is 0 Å². The Morgan fingerprint density at radius 1 is 1.14 bits per heavy atom. The van der Waals surface area contributed by atoms with E-state index < -0.39 is 0 Å². The van der Waals surface area contributed by atoms with E-state index in [1.165, 1.54) is 5.56 Å². The first-order valence-corrected chi connectivity index (χ1v) is 8.89. The molecule has 9 heteroatoms. The van der Waals surface area contributed by atoms with Crippen molar-refractivity contribution in [3.63, 3.8) is 0 Å². The van der Waals surface area contributed by atoms with Crippen molar-refractivity contribution in [3.05, 3.63) is 53.7 Å². The highest BCUT2D eigenvalue weighted by atomic mass is 35.5. The van der Waals surface area contributed by atoms with Gasteiger partial charge in [0.2, 0.25) is 0 Å². The highest BCUT2D eigenvalue weighted by Crippen LogP contribution is 2.14. The third kappa shape index (κ3) is 7.25. The van der Waals surface area contributed by atoms with E-state index in [0.717, 1.165) is 55.5 Å². The molecule has 0 bridgehead atoms. The SMILES string of the molecule is CCCN=C(N)Nc1ccc(Cc2ccc(NC3=NCCN3)nc2)cc1.Cl.Cl. The van der Waals surface area contributed by atoms with E-state index in [2.05, 4.69) is 56.0 Å². The standard InChI is InChI=1S/C19H25N7.2ClH/c1-2-9-21-18(20)25-16-6-3-14(4-7-16)12-15-5-8-17(24-13-15)26-19-22-10-11-23-19;;/h3-8,13H,2,9-12H2,1H3,(H3,20,21,25)(H2,22,23,24,26);2*1H. The number of nitrogens with two attached hydrogens (primary N) is 1. The molecule has 0 amide bonds. The van der Waals surface area contributed by atoms with Crippen LogP contribution in [0, 0.1) is 0 Å². The molecule has 0 spiro atoms. The fourth-order valence-electron chi connectivity index (χ4n) is 2.57. The minimum atomic E-state index is 0. The summed E-state index contributed by atoms with van der Waals surface area (Å²) in [5.74, 6) is 2.03. The first-order chi connectivity index (χ1) is 12.7. The number of halogens is 2. The van der Waals surface area contributed by atoms with Gasteiger partial charge in [-0.3, -0.25) is 9.98 Å². The van der Waals surface area contributed by atoms with Crippen molar-refractivity contribution >= 4 is 48.2 Å². The lowest BCUT2D eigenvalue weighted by Crippen LogP contribution is -2.26. The number of pyridine rings is 1. The molecule has 1 aliphatic heterocycles. The fraction of sp³-hybridized carbons (Fsp3) is 0.316. The number of hydrogen-bond acceptors (Lipinski definition) is 5.